The van der Waals surface area contributed by atoms with Crippen LogP contribution in [0.5, 0.6) is 0 Å². The summed E-state index contributed by atoms with van der Waals surface area (Å²) >= 11 is 1.94. The third kappa shape index (κ3) is 6.57. The van der Waals surface area contributed by atoms with E-state index in [9.17, 15) is 9.59 Å². The van der Waals surface area contributed by atoms with Crippen LogP contribution in [0.3, 0.4) is 0 Å². The summed E-state index contributed by atoms with van der Waals surface area (Å²) in [6, 6.07) is 16.0. The van der Waals surface area contributed by atoms with Gasteiger partial charge in [0.1, 0.15) is 0 Å². The molecule has 2 aliphatic heterocycles. The first-order valence-electron chi connectivity index (χ1n) is 11.2. The van der Waals surface area contributed by atoms with Crippen LogP contribution in [0.4, 0.5) is 0 Å². The number of carboxylic acids is 2. The maximum absolute atomic E-state index is 9.77. The van der Waals surface area contributed by atoms with Crippen molar-refractivity contribution in [3.8, 4) is 0 Å². The van der Waals surface area contributed by atoms with Gasteiger partial charge in [0, 0.05) is 15.7 Å². The summed E-state index contributed by atoms with van der Waals surface area (Å²) < 4.78 is 0. The first-order chi connectivity index (χ1) is 15.8. The van der Waals surface area contributed by atoms with Crippen LogP contribution in [-0.4, -0.2) is 69.1 Å². The van der Waals surface area contributed by atoms with Gasteiger partial charge in [0.15, 0.2) is 12.2 Å². The van der Waals surface area contributed by atoms with Gasteiger partial charge in [-0.25, -0.2) is 9.59 Å². The number of aliphatic hydroxyl groups excluding tert-OH is 2. The van der Waals surface area contributed by atoms with Crippen molar-refractivity contribution in [2.75, 3.05) is 19.6 Å². The number of rotatable bonds is 7. The van der Waals surface area contributed by atoms with Crippen LogP contribution in [0.15, 0.2) is 52.3 Å². The number of carboxylic acid groups (broad SMARTS) is 2. The molecule has 2 aromatic carbocycles. The zero-order valence-corrected chi connectivity index (χ0v) is 19.5. The molecule has 1 saturated heterocycles. The number of aryl methyl sites for hydroxylation is 1. The smallest absolute Gasteiger partial charge is 0.335 e. The minimum Gasteiger partial charge on any atom is -0.479 e. The van der Waals surface area contributed by atoms with Gasteiger partial charge in [0.05, 0.1) is 0 Å². The number of aliphatic hydroxyl groups is 2. The van der Waals surface area contributed by atoms with Gasteiger partial charge < -0.3 is 25.3 Å². The highest BCUT2D eigenvalue weighted by molar-refractivity contribution is 7.99. The second kappa shape index (κ2) is 11.7. The predicted molar refractivity (Wildman–Crippen MR) is 126 cm³/mol. The van der Waals surface area contributed by atoms with Gasteiger partial charge in [-0.3, -0.25) is 0 Å². The molecule has 7 nitrogen and oxygen atoms in total. The van der Waals surface area contributed by atoms with Crippen LogP contribution < -0.4 is 0 Å². The van der Waals surface area contributed by atoms with Crippen LogP contribution >= 0.6 is 11.8 Å². The second-order valence-corrected chi connectivity index (χ2v) is 9.57. The number of fused-ring (bicyclic) bond motifs is 2. The molecule has 2 heterocycles. The van der Waals surface area contributed by atoms with Crippen molar-refractivity contribution >= 4 is 23.7 Å². The van der Waals surface area contributed by atoms with Crippen LogP contribution in [0.1, 0.15) is 48.3 Å². The average molecular weight is 474 g/mol. The monoisotopic (exact) mass is 473 g/mol. The quantitative estimate of drug-likeness (QED) is 0.484. The zero-order chi connectivity index (χ0) is 24.0. The Kier molecular flexibility index (Phi) is 8.91. The largest absolute Gasteiger partial charge is 0.479 e. The molecular formula is C25H31NO6S. The highest BCUT2D eigenvalue weighted by Gasteiger charge is 2.29. The Morgan fingerprint density at radius 1 is 0.970 bits per heavy atom. The summed E-state index contributed by atoms with van der Waals surface area (Å²) in [5.74, 6) is -2.96. The van der Waals surface area contributed by atoms with E-state index >= 15 is 0 Å². The molecule has 0 aliphatic carbocycles. The molecular weight excluding hydrogens is 442 g/mol. The van der Waals surface area contributed by atoms with Gasteiger partial charge >= 0.3 is 11.9 Å². The number of benzene rings is 2. The van der Waals surface area contributed by atoms with E-state index in [1.54, 1.807) is 5.56 Å². The summed E-state index contributed by atoms with van der Waals surface area (Å²) in [5.41, 5.74) is 4.47. The molecule has 178 valence electrons. The number of carbonyl (C=O) groups is 2. The molecule has 8 heteroatoms. The molecule has 2 aromatic rings. The Hall–Kier alpha value is -2.39. The van der Waals surface area contributed by atoms with Gasteiger partial charge in [-0.2, -0.15) is 0 Å². The van der Waals surface area contributed by atoms with Crippen molar-refractivity contribution in [2.24, 2.45) is 0 Å². The van der Waals surface area contributed by atoms with Crippen molar-refractivity contribution in [3.05, 3.63) is 59.2 Å². The number of likely N-dealkylation sites (tertiary alicyclic amines) is 1. The topological polar surface area (TPSA) is 118 Å². The number of hydrogen-bond acceptors (Lipinski definition) is 6. The Morgan fingerprint density at radius 3 is 2.21 bits per heavy atom. The lowest BCUT2D eigenvalue weighted by atomic mass is 9.86. The van der Waals surface area contributed by atoms with Crippen molar-refractivity contribution in [3.63, 3.8) is 0 Å². The van der Waals surface area contributed by atoms with Crippen molar-refractivity contribution in [1.29, 1.82) is 0 Å². The fraction of sp³-hybridized carbons (Fsp3) is 0.440. The maximum atomic E-state index is 9.77. The van der Waals surface area contributed by atoms with Gasteiger partial charge in [-0.15, -0.1) is 0 Å². The summed E-state index contributed by atoms with van der Waals surface area (Å²) in [5, 5.41) is 32.5. The Labute approximate surface area is 198 Å². The standard InChI is InChI=1S/C21H25NS.C4H6O6/c1-16-10-11-21-19(15-16)17(8-6-14-22-12-4-5-13-22)18-7-2-3-9-20(18)23-21;5-1(3(7)8)2(6)4(9)10/h2-3,7,9-11,15,17H,4-6,8,12-14H2,1H3;1-2,5-6H,(H,7,8)(H,9,10). The predicted octanol–water partition coefficient (Wildman–Crippen LogP) is 3.34. The first kappa shape index (κ1) is 25.2. The lowest BCUT2D eigenvalue weighted by molar-refractivity contribution is -0.165. The number of nitrogens with zero attached hydrogens (tertiary/aromatic N) is 1. The fourth-order valence-electron chi connectivity index (χ4n) is 4.29. The normalized spacial score (nSPS) is 18.9. The summed E-state index contributed by atoms with van der Waals surface area (Å²) in [6.07, 6.45) is 0.826. The Balaban J connectivity index is 0.000000262. The maximum Gasteiger partial charge on any atom is 0.335 e. The van der Waals surface area contributed by atoms with Gasteiger partial charge in [0.2, 0.25) is 0 Å². The average Bonchev–Trinajstić information content (AvgIpc) is 3.31. The van der Waals surface area contributed by atoms with Crippen LogP contribution in [0, 0.1) is 6.92 Å². The molecule has 3 unspecified atom stereocenters. The molecule has 0 saturated carbocycles. The third-order valence-corrected chi connectivity index (χ3v) is 7.21. The van der Waals surface area contributed by atoms with Crippen LogP contribution in [0.25, 0.3) is 0 Å². The summed E-state index contributed by atoms with van der Waals surface area (Å²) in [7, 11) is 0. The van der Waals surface area contributed by atoms with Crippen LogP contribution in [0.2, 0.25) is 0 Å². The molecule has 1 fully saturated rings. The molecule has 0 amide bonds. The summed E-state index contributed by atoms with van der Waals surface area (Å²) in [4.78, 5) is 25.1. The molecule has 0 aromatic heterocycles. The van der Waals surface area contributed by atoms with Crippen LogP contribution in [-0.2, 0) is 9.59 Å². The fourth-order valence-corrected chi connectivity index (χ4v) is 5.45. The lowest BCUT2D eigenvalue weighted by Crippen LogP contribution is -2.39. The van der Waals surface area contributed by atoms with Crippen molar-refractivity contribution < 1.29 is 30.0 Å². The van der Waals surface area contributed by atoms with Gasteiger partial charge in [0.25, 0.3) is 0 Å². The summed E-state index contributed by atoms with van der Waals surface area (Å²) in [6.45, 7) is 6.11. The highest BCUT2D eigenvalue weighted by atomic mass is 32.2. The Bertz CT molecular complexity index is 957. The molecule has 33 heavy (non-hydrogen) atoms. The minimum atomic E-state index is -2.27. The second-order valence-electron chi connectivity index (χ2n) is 8.49. The van der Waals surface area contributed by atoms with E-state index in [0.717, 1.165) is 0 Å². The van der Waals surface area contributed by atoms with Crippen molar-refractivity contribution in [2.45, 2.75) is 60.5 Å². The van der Waals surface area contributed by atoms with E-state index in [2.05, 4.69) is 54.3 Å². The number of aliphatic carboxylic acids is 2. The Morgan fingerprint density at radius 2 is 1.58 bits per heavy atom. The molecule has 2 aliphatic rings. The van der Waals surface area contributed by atoms with E-state index in [-0.39, 0.29) is 0 Å². The highest BCUT2D eigenvalue weighted by Crippen LogP contribution is 2.47. The van der Waals surface area contributed by atoms with E-state index in [1.807, 2.05) is 11.8 Å². The number of hydrogen-bond donors (Lipinski definition) is 4. The molecule has 0 radical (unpaired) electrons. The molecule has 4 rings (SSSR count). The third-order valence-electron chi connectivity index (χ3n) is 6.03. The SMILES string of the molecule is Cc1ccc2c(c1)C(CCCN1CCCC1)c1ccccc1S2.O=C(O)C(O)C(O)C(=O)O. The van der Waals surface area contributed by atoms with E-state index < -0.39 is 24.1 Å². The van der Waals surface area contributed by atoms with Crippen molar-refractivity contribution in [1.82, 2.24) is 4.90 Å². The molecule has 4 N–H and O–H groups in total. The zero-order valence-electron chi connectivity index (χ0n) is 18.7. The molecule has 3 atom stereocenters. The minimum absolute atomic E-state index is 0.574. The first-order valence-corrected chi connectivity index (χ1v) is 12.0. The lowest BCUT2D eigenvalue weighted by Gasteiger charge is -2.29. The van der Waals surface area contributed by atoms with E-state index in [1.165, 1.54) is 66.2 Å². The molecule has 0 spiro atoms. The van der Waals surface area contributed by atoms with E-state index in [4.69, 9.17) is 20.4 Å². The van der Waals surface area contributed by atoms with E-state index in [0.29, 0.717) is 5.92 Å². The molecule has 0 bridgehead atoms. The van der Waals surface area contributed by atoms with Gasteiger partial charge in [-0.05, 0) is 75.5 Å². The van der Waals surface area contributed by atoms with Gasteiger partial charge in [-0.1, -0.05) is 47.7 Å².